The van der Waals surface area contributed by atoms with Crippen LogP contribution in [0.2, 0.25) is 0 Å². The van der Waals surface area contributed by atoms with Gasteiger partial charge in [-0.05, 0) is 11.6 Å². The summed E-state index contributed by atoms with van der Waals surface area (Å²) in [7, 11) is -2.59. The summed E-state index contributed by atoms with van der Waals surface area (Å²) < 4.78 is 31.3. The Bertz CT molecular complexity index is 1010. The summed E-state index contributed by atoms with van der Waals surface area (Å²) in [4.78, 5) is 35.9. The van der Waals surface area contributed by atoms with Crippen LogP contribution in [0.5, 0.6) is 0 Å². The Morgan fingerprint density at radius 3 is 2.20 bits per heavy atom. The van der Waals surface area contributed by atoms with Crippen LogP contribution in [-0.2, 0) is 24.3 Å². The van der Waals surface area contributed by atoms with E-state index < -0.39 is 40.6 Å². The Hall–Kier alpha value is -3.50. The smallest absolute Gasteiger partial charge is 0.322 e. The highest BCUT2D eigenvalue weighted by Crippen LogP contribution is 2.17. The van der Waals surface area contributed by atoms with E-state index in [-0.39, 0.29) is 0 Å². The zero-order valence-corrected chi connectivity index (χ0v) is 16.9. The molecule has 2 rings (SSSR count). The van der Waals surface area contributed by atoms with Crippen molar-refractivity contribution in [2.24, 2.45) is 0 Å². The second-order valence-corrected chi connectivity index (χ2v) is 7.58. The number of carbonyl (C=O) groups excluding carboxylic acids is 3. The second-order valence-electron chi connectivity index (χ2n) is 5.93. The van der Waals surface area contributed by atoms with Crippen molar-refractivity contribution in [2.75, 3.05) is 13.6 Å². The van der Waals surface area contributed by atoms with E-state index in [9.17, 15) is 22.8 Å². The Labute approximate surface area is 174 Å². The van der Waals surface area contributed by atoms with Crippen molar-refractivity contribution in [3.8, 4) is 0 Å². The van der Waals surface area contributed by atoms with Crippen molar-refractivity contribution in [1.29, 1.82) is 0 Å². The molecule has 2 aromatic rings. The summed E-state index contributed by atoms with van der Waals surface area (Å²) >= 11 is 0. The molecule has 0 saturated carbocycles. The quantitative estimate of drug-likeness (QED) is 0.541. The first-order valence-corrected chi connectivity index (χ1v) is 10.3. The van der Waals surface area contributed by atoms with Gasteiger partial charge in [0.15, 0.2) is 0 Å². The first-order valence-electron chi connectivity index (χ1n) is 8.80. The van der Waals surface area contributed by atoms with Crippen LogP contribution in [0.25, 0.3) is 6.08 Å². The summed E-state index contributed by atoms with van der Waals surface area (Å²) in [5.74, 6) is -1.87. The van der Waals surface area contributed by atoms with Crippen molar-refractivity contribution in [2.45, 2.75) is 6.10 Å². The van der Waals surface area contributed by atoms with E-state index in [2.05, 4.69) is 10.0 Å². The fourth-order valence-corrected chi connectivity index (χ4v) is 3.01. The highest BCUT2D eigenvalue weighted by atomic mass is 32.2. The number of sulfonamides is 1. The number of nitrogens with one attached hydrogen (secondary N) is 3. The largest absolute Gasteiger partial charge is 0.446 e. The van der Waals surface area contributed by atoms with Crippen molar-refractivity contribution in [1.82, 2.24) is 15.4 Å². The maximum atomic E-state index is 12.3. The number of esters is 1. The van der Waals surface area contributed by atoms with Crippen LogP contribution in [0.15, 0.2) is 66.1 Å². The minimum atomic E-state index is -3.91. The van der Waals surface area contributed by atoms with E-state index in [1.165, 1.54) is 25.3 Å². The minimum Gasteiger partial charge on any atom is -0.446 e. The molecule has 158 valence electrons. The van der Waals surface area contributed by atoms with Crippen molar-refractivity contribution in [3.63, 3.8) is 0 Å². The maximum absolute atomic E-state index is 12.3. The van der Waals surface area contributed by atoms with Gasteiger partial charge in [-0.25, -0.2) is 17.9 Å². The molecule has 0 aliphatic heterocycles. The second kappa shape index (κ2) is 10.9. The van der Waals surface area contributed by atoms with Gasteiger partial charge in [0.2, 0.25) is 16.1 Å². The van der Waals surface area contributed by atoms with Crippen LogP contribution in [0.3, 0.4) is 0 Å². The Balaban J connectivity index is 2.02. The Kier molecular flexibility index (Phi) is 8.27. The van der Waals surface area contributed by atoms with Crippen LogP contribution in [0.1, 0.15) is 17.2 Å². The summed E-state index contributed by atoms with van der Waals surface area (Å²) in [6.07, 6.45) is -0.0580. The van der Waals surface area contributed by atoms with E-state index in [0.717, 1.165) is 5.41 Å². The molecule has 9 nitrogen and oxygen atoms in total. The summed E-state index contributed by atoms with van der Waals surface area (Å²) in [5, 5.41) is 5.17. The summed E-state index contributed by atoms with van der Waals surface area (Å²) in [6, 6.07) is 16.0. The van der Waals surface area contributed by atoms with E-state index >= 15 is 0 Å². The number of urea groups is 1. The van der Waals surface area contributed by atoms with Gasteiger partial charge in [0.25, 0.3) is 5.91 Å². The lowest BCUT2D eigenvalue weighted by atomic mass is 10.1. The molecular weight excluding hydrogens is 410 g/mol. The number of rotatable bonds is 8. The minimum absolute atomic E-state index is 0.319. The molecule has 0 aromatic heterocycles. The van der Waals surface area contributed by atoms with Crippen molar-refractivity contribution >= 4 is 34.0 Å². The summed E-state index contributed by atoms with van der Waals surface area (Å²) in [5.41, 5.74) is 0.986. The van der Waals surface area contributed by atoms with E-state index in [0.29, 0.717) is 11.1 Å². The zero-order valence-electron chi connectivity index (χ0n) is 16.1. The molecule has 1 unspecified atom stereocenters. The van der Waals surface area contributed by atoms with Crippen LogP contribution in [0, 0.1) is 0 Å². The molecule has 10 heteroatoms. The molecule has 3 amide bonds. The van der Waals surface area contributed by atoms with Gasteiger partial charge in [-0.15, -0.1) is 0 Å². The van der Waals surface area contributed by atoms with Crippen molar-refractivity contribution in [3.05, 3.63) is 77.2 Å². The number of imide groups is 1. The molecule has 0 fully saturated rings. The molecule has 30 heavy (non-hydrogen) atoms. The lowest BCUT2D eigenvalue weighted by molar-refractivity contribution is -0.154. The number of amides is 3. The van der Waals surface area contributed by atoms with Gasteiger partial charge in [-0.1, -0.05) is 60.7 Å². The molecule has 0 heterocycles. The normalized spacial score (nSPS) is 12.2. The third-order valence-electron chi connectivity index (χ3n) is 3.71. The lowest BCUT2D eigenvalue weighted by Gasteiger charge is -2.17. The molecule has 3 N–H and O–H groups in total. The van der Waals surface area contributed by atoms with Gasteiger partial charge in [-0.3, -0.25) is 14.9 Å². The highest BCUT2D eigenvalue weighted by molar-refractivity contribution is 7.92. The number of benzene rings is 2. The number of carbonyl (C=O) groups is 3. The monoisotopic (exact) mass is 431 g/mol. The predicted molar refractivity (Wildman–Crippen MR) is 110 cm³/mol. The fourth-order valence-electron chi connectivity index (χ4n) is 2.25. The van der Waals surface area contributed by atoms with Gasteiger partial charge in [0.1, 0.15) is 6.54 Å². The van der Waals surface area contributed by atoms with E-state index in [1.54, 1.807) is 48.5 Å². The molecule has 1 atom stereocenters. The molecule has 0 radical (unpaired) electrons. The van der Waals surface area contributed by atoms with Crippen LogP contribution in [-0.4, -0.2) is 39.9 Å². The maximum Gasteiger partial charge on any atom is 0.322 e. The Morgan fingerprint density at radius 2 is 1.60 bits per heavy atom. The van der Waals surface area contributed by atoms with Gasteiger partial charge in [0.05, 0.1) is 0 Å². The van der Waals surface area contributed by atoms with Crippen LogP contribution >= 0.6 is 0 Å². The van der Waals surface area contributed by atoms with Gasteiger partial charge < -0.3 is 10.1 Å². The van der Waals surface area contributed by atoms with Crippen molar-refractivity contribution < 1.29 is 27.5 Å². The molecule has 0 spiro atoms. The van der Waals surface area contributed by atoms with E-state index in [1.807, 2.05) is 5.32 Å². The molecule has 0 aliphatic rings. The Morgan fingerprint density at radius 1 is 1.00 bits per heavy atom. The SMILES string of the molecule is CNC(=O)NC(=O)C(OC(=O)CNS(=O)(=O)/C=C/c1ccccc1)c1ccccc1. The first kappa shape index (κ1) is 22.8. The average molecular weight is 431 g/mol. The van der Waals surface area contributed by atoms with E-state index in [4.69, 9.17) is 4.74 Å². The fraction of sp³-hybridized carbons (Fsp3) is 0.150. The van der Waals surface area contributed by atoms with Crippen LogP contribution in [0.4, 0.5) is 4.79 Å². The highest BCUT2D eigenvalue weighted by Gasteiger charge is 2.26. The van der Waals surface area contributed by atoms with Crippen LogP contribution < -0.4 is 15.4 Å². The third-order valence-corrected chi connectivity index (χ3v) is 4.75. The number of ether oxygens (including phenoxy) is 1. The molecule has 0 bridgehead atoms. The first-order chi connectivity index (χ1) is 14.3. The molecule has 2 aromatic carbocycles. The molecular formula is C20H21N3O6S. The number of hydrogen-bond acceptors (Lipinski definition) is 6. The number of hydrogen-bond donors (Lipinski definition) is 3. The van der Waals surface area contributed by atoms with Gasteiger partial charge in [-0.2, -0.15) is 0 Å². The summed E-state index contributed by atoms with van der Waals surface area (Å²) in [6.45, 7) is -0.696. The standard InChI is InChI=1S/C20H21N3O6S/c1-21-20(26)23-19(25)18(16-10-6-3-7-11-16)29-17(24)14-22-30(27,28)13-12-15-8-4-2-5-9-15/h2-13,18,22H,14H2,1H3,(H2,21,23,25,26)/b13-12+. The predicted octanol–water partition coefficient (Wildman–Crippen LogP) is 1.32. The molecule has 0 aliphatic carbocycles. The lowest BCUT2D eigenvalue weighted by Crippen LogP contribution is -2.42. The third kappa shape index (κ3) is 7.49. The van der Waals surface area contributed by atoms with Gasteiger partial charge in [0, 0.05) is 18.0 Å². The van der Waals surface area contributed by atoms with Gasteiger partial charge >= 0.3 is 12.0 Å². The topological polar surface area (TPSA) is 131 Å². The molecule has 0 saturated heterocycles. The average Bonchev–Trinajstić information content (AvgIpc) is 2.76. The zero-order chi connectivity index (χ0) is 22.0.